The third-order valence-electron chi connectivity index (χ3n) is 1.59. The van der Waals surface area contributed by atoms with Crippen LogP contribution < -0.4 is 5.32 Å². The van der Waals surface area contributed by atoms with E-state index in [-0.39, 0.29) is 0 Å². The van der Waals surface area contributed by atoms with Crippen molar-refractivity contribution in [3.63, 3.8) is 0 Å². The van der Waals surface area contributed by atoms with Crippen molar-refractivity contribution in [3.8, 4) is 0 Å². The molecule has 2 aromatic rings. The molecule has 0 aliphatic rings. The van der Waals surface area contributed by atoms with E-state index in [9.17, 15) is 0 Å². The second kappa shape index (κ2) is 4.63. The molecule has 2 aromatic heterocycles. The second-order valence-corrected chi connectivity index (χ2v) is 4.57. The third-order valence-corrected chi connectivity index (χ3v) is 3.29. The summed E-state index contributed by atoms with van der Waals surface area (Å²) in [5, 5.41) is 18.8. The number of rotatable bonds is 4. The van der Waals surface area contributed by atoms with Crippen molar-refractivity contribution < 1.29 is 0 Å². The number of aromatic nitrogens is 4. The maximum absolute atomic E-state index is 3.84. The lowest BCUT2D eigenvalue weighted by Gasteiger charge is -1.97. The summed E-state index contributed by atoms with van der Waals surface area (Å²) in [6.45, 7) is 1.46. The van der Waals surface area contributed by atoms with E-state index in [0.29, 0.717) is 12.4 Å². The van der Waals surface area contributed by atoms with Crippen molar-refractivity contribution in [1.29, 1.82) is 0 Å². The average molecular weight is 274 g/mol. The zero-order chi connectivity index (χ0) is 9.80. The van der Waals surface area contributed by atoms with E-state index in [1.807, 2.05) is 0 Å². The van der Waals surface area contributed by atoms with Gasteiger partial charge < -0.3 is 5.32 Å². The summed E-state index contributed by atoms with van der Waals surface area (Å²) >= 11 is 5.12. The first-order chi connectivity index (χ1) is 6.84. The van der Waals surface area contributed by atoms with Gasteiger partial charge in [-0.1, -0.05) is 5.21 Å². The molecule has 0 aromatic carbocycles. The Balaban J connectivity index is 1.78. The molecular formula is C7H8BrN5S. The molecule has 0 saturated heterocycles. The lowest BCUT2D eigenvalue weighted by molar-refractivity contribution is 0.669. The van der Waals surface area contributed by atoms with Gasteiger partial charge in [0.1, 0.15) is 0 Å². The lowest BCUT2D eigenvalue weighted by atomic mass is 10.4. The highest BCUT2D eigenvalue weighted by Crippen LogP contribution is 2.19. The van der Waals surface area contributed by atoms with E-state index in [2.05, 4.69) is 53.3 Å². The molecule has 2 heterocycles. The summed E-state index contributed by atoms with van der Waals surface area (Å²) in [6.07, 6.45) is 0. The molecule has 0 amide bonds. The van der Waals surface area contributed by atoms with Gasteiger partial charge in [0.2, 0.25) is 0 Å². The quantitative estimate of drug-likeness (QED) is 0.882. The number of nitrogens with one attached hydrogen (secondary N) is 2. The Bertz CT molecular complexity index is 384. The summed E-state index contributed by atoms with van der Waals surface area (Å²) in [4.78, 5) is 1.28. The van der Waals surface area contributed by atoms with Gasteiger partial charge in [0.25, 0.3) is 0 Å². The van der Waals surface area contributed by atoms with Gasteiger partial charge in [-0.15, -0.1) is 21.5 Å². The topological polar surface area (TPSA) is 66.5 Å². The minimum absolute atomic E-state index is 0.631. The van der Waals surface area contributed by atoms with Crippen LogP contribution in [0.3, 0.4) is 0 Å². The molecular weight excluding hydrogens is 266 g/mol. The van der Waals surface area contributed by atoms with Crippen LogP contribution in [0.5, 0.6) is 0 Å². The summed E-state index contributed by atoms with van der Waals surface area (Å²) in [7, 11) is 0. The van der Waals surface area contributed by atoms with E-state index in [1.54, 1.807) is 11.3 Å². The van der Waals surface area contributed by atoms with Gasteiger partial charge >= 0.3 is 0 Å². The molecule has 5 nitrogen and oxygen atoms in total. The fourth-order valence-electron chi connectivity index (χ4n) is 1.00. The van der Waals surface area contributed by atoms with Crippen molar-refractivity contribution in [3.05, 3.63) is 26.6 Å². The molecule has 2 N–H and O–H groups in total. The fourth-order valence-corrected chi connectivity index (χ4v) is 2.42. The first-order valence-electron chi connectivity index (χ1n) is 4.00. The zero-order valence-corrected chi connectivity index (χ0v) is 9.60. The Morgan fingerprint density at radius 3 is 3.07 bits per heavy atom. The largest absolute Gasteiger partial charge is 0.305 e. The Morgan fingerprint density at radius 2 is 2.43 bits per heavy atom. The number of aromatic amines is 1. The highest BCUT2D eigenvalue weighted by Gasteiger charge is 1.99. The van der Waals surface area contributed by atoms with Gasteiger partial charge in [0.05, 0.1) is 6.54 Å². The Labute approximate surface area is 93.0 Å². The van der Waals surface area contributed by atoms with E-state index in [0.717, 1.165) is 11.0 Å². The van der Waals surface area contributed by atoms with Crippen LogP contribution in [0.15, 0.2) is 15.9 Å². The van der Waals surface area contributed by atoms with Gasteiger partial charge in [-0.3, -0.25) is 0 Å². The minimum Gasteiger partial charge on any atom is -0.305 e. The predicted molar refractivity (Wildman–Crippen MR) is 56.7 cm³/mol. The Hall–Kier alpha value is -0.790. The Morgan fingerprint density at radius 1 is 1.50 bits per heavy atom. The molecule has 0 spiro atoms. The molecule has 0 aliphatic heterocycles. The van der Waals surface area contributed by atoms with Crippen molar-refractivity contribution in [2.45, 2.75) is 13.1 Å². The molecule has 0 atom stereocenters. The number of halogens is 1. The highest BCUT2D eigenvalue weighted by atomic mass is 79.9. The molecule has 0 bridgehead atoms. The fraction of sp³-hybridized carbons (Fsp3) is 0.286. The Kier molecular flexibility index (Phi) is 3.22. The van der Waals surface area contributed by atoms with E-state index < -0.39 is 0 Å². The molecule has 7 heteroatoms. The van der Waals surface area contributed by atoms with Gasteiger partial charge in [0, 0.05) is 21.3 Å². The number of nitrogens with zero attached hydrogens (tertiary/aromatic N) is 3. The number of tetrazole rings is 1. The van der Waals surface area contributed by atoms with Crippen LogP contribution in [-0.4, -0.2) is 20.6 Å². The lowest BCUT2D eigenvalue weighted by Crippen LogP contribution is -2.12. The summed E-state index contributed by atoms with van der Waals surface area (Å²) < 4.78 is 1.12. The number of H-pyrrole nitrogens is 1. The van der Waals surface area contributed by atoms with E-state index in [1.165, 1.54) is 4.88 Å². The molecule has 74 valence electrons. The normalized spacial score (nSPS) is 10.6. The van der Waals surface area contributed by atoms with Crippen LogP contribution in [0.1, 0.15) is 10.7 Å². The standard InChI is InChI=1S/C7H8BrN5S/c8-5-1-6(14-4-5)2-9-3-7-10-12-13-11-7/h1,4,9H,2-3H2,(H,10,11,12,13). The highest BCUT2D eigenvalue weighted by molar-refractivity contribution is 9.10. The molecule has 0 saturated carbocycles. The number of hydrogen-bond acceptors (Lipinski definition) is 5. The van der Waals surface area contributed by atoms with Gasteiger partial charge in [-0.25, -0.2) is 0 Å². The first kappa shape index (κ1) is 9.75. The number of thiophene rings is 1. The predicted octanol–water partition coefficient (Wildman–Crippen LogP) is 1.31. The average Bonchev–Trinajstić information content (AvgIpc) is 2.77. The molecule has 0 fully saturated rings. The second-order valence-electron chi connectivity index (χ2n) is 2.66. The molecule has 0 radical (unpaired) electrons. The van der Waals surface area contributed by atoms with Crippen LogP contribution in [0.4, 0.5) is 0 Å². The molecule has 0 aliphatic carbocycles. The maximum Gasteiger partial charge on any atom is 0.188 e. The summed E-state index contributed by atoms with van der Waals surface area (Å²) in [5.41, 5.74) is 0. The van der Waals surface area contributed by atoms with E-state index >= 15 is 0 Å². The maximum atomic E-state index is 3.84. The van der Waals surface area contributed by atoms with Crippen molar-refractivity contribution >= 4 is 27.3 Å². The van der Waals surface area contributed by atoms with Crippen molar-refractivity contribution in [1.82, 2.24) is 25.9 Å². The van der Waals surface area contributed by atoms with E-state index in [4.69, 9.17) is 0 Å². The van der Waals surface area contributed by atoms with Crippen LogP contribution in [0, 0.1) is 0 Å². The van der Waals surface area contributed by atoms with Gasteiger partial charge in [0.15, 0.2) is 5.82 Å². The SMILES string of the molecule is Brc1csc(CNCc2nn[nH]n2)c1. The molecule has 14 heavy (non-hydrogen) atoms. The monoisotopic (exact) mass is 273 g/mol. The van der Waals surface area contributed by atoms with Crippen LogP contribution in [-0.2, 0) is 13.1 Å². The van der Waals surface area contributed by atoms with Gasteiger partial charge in [-0.05, 0) is 22.0 Å². The van der Waals surface area contributed by atoms with Gasteiger partial charge in [-0.2, -0.15) is 5.21 Å². The smallest absolute Gasteiger partial charge is 0.188 e. The summed E-state index contributed by atoms with van der Waals surface area (Å²) in [6, 6.07) is 2.09. The molecule has 0 unspecified atom stereocenters. The third kappa shape index (κ3) is 2.60. The van der Waals surface area contributed by atoms with Crippen molar-refractivity contribution in [2.75, 3.05) is 0 Å². The van der Waals surface area contributed by atoms with Crippen molar-refractivity contribution in [2.24, 2.45) is 0 Å². The number of hydrogen-bond donors (Lipinski definition) is 2. The van der Waals surface area contributed by atoms with Crippen LogP contribution in [0.25, 0.3) is 0 Å². The van der Waals surface area contributed by atoms with Crippen LogP contribution >= 0.6 is 27.3 Å². The first-order valence-corrected chi connectivity index (χ1v) is 5.68. The zero-order valence-electron chi connectivity index (χ0n) is 7.20. The van der Waals surface area contributed by atoms with Crippen LogP contribution in [0.2, 0.25) is 0 Å². The minimum atomic E-state index is 0.631. The molecule has 2 rings (SSSR count). The summed E-state index contributed by atoms with van der Waals surface area (Å²) in [5.74, 6) is 0.681.